The Bertz CT molecular complexity index is 833. The summed E-state index contributed by atoms with van der Waals surface area (Å²) in [7, 11) is -3.68. The molecule has 8 heteroatoms. The van der Waals surface area contributed by atoms with Gasteiger partial charge in [0.25, 0.3) is 10.0 Å². The Morgan fingerprint density at radius 2 is 1.92 bits per heavy atom. The third kappa shape index (κ3) is 3.36. The second-order valence-electron chi connectivity index (χ2n) is 6.26. The fourth-order valence-corrected chi connectivity index (χ4v) is 6.04. The number of sulfonamides is 1. The average Bonchev–Trinajstić information content (AvgIpc) is 2.95. The van der Waals surface area contributed by atoms with Crippen LogP contribution in [0.1, 0.15) is 25.5 Å². The van der Waals surface area contributed by atoms with Crippen LogP contribution in [0.25, 0.3) is 0 Å². The van der Waals surface area contributed by atoms with Crippen molar-refractivity contribution in [3.8, 4) is 0 Å². The van der Waals surface area contributed by atoms with Gasteiger partial charge in [-0.2, -0.15) is 4.31 Å². The quantitative estimate of drug-likeness (QED) is 0.794. The lowest BCUT2D eigenvalue weighted by Crippen LogP contribution is -2.55. The first-order valence-electron chi connectivity index (χ1n) is 7.35. The van der Waals surface area contributed by atoms with Crippen molar-refractivity contribution in [2.45, 2.75) is 29.7 Å². The maximum Gasteiger partial charge on any atom is 0.253 e. The van der Waals surface area contributed by atoms with E-state index in [0.29, 0.717) is 4.34 Å². The maximum absolute atomic E-state index is 13.1. The molecule has 1 aromatic carbocycles. The lowest BCUT2D eigenvalue weighted by molar-refractivity contribution is -0.0654. The lowest BCUT2D eigenvalue weighted by atomic mass is 10.0. The Morgan fingerprint density at radius 3 is 2.50 bits per heavy atom. The van der Waals surface area contributed by atoms with Gasteiger partial charge in [-0.25, -0.2) is 12.8 Å². The topological polar surface area (TPSA) is 46.6 Å². The molecule has 1 fully saturated rings. The van der Waals surface area contributed by atoms with Crippen LogP contribution in [-0.4, -0.2) is 31.4 Å². The molecule has 1 aliphatic heterocycles. The van der Waals surface area contributed by atoms with Gasteiger partial charge >= 0.3 is 0 Å². The van der Waals surface area contributed by atoms with Crippen molar-refractivity contribution in [3.05, 3.63) is 52.1 Å². The molecule has 24 heavy (non-hydrogen) atoms. The highest BCUT2D eigenvalue weighted by Gasteiger charge is 2.43. The van der Waals surface area contributed by atoms with Gasteiger partial charge in [0.1, 0.15) is 10.0 Å². The van der Waals surface area contributed by atoms with Gasteiger partial charge in [0.15, 0.2) is 0 Å². The normalized spacial score (nSPS) is 21.8. The average molecular weight is 390 g/mol. The van der Waals surface area contributed by atoms with Crippen LogP contribution in [0.4, 0.5) is 4.39 Å². The van der Waals surface area contributed by atoms with Gasteiger partial charge in [0.05, 0.1) is 22.6 Å². The standard InChI is InChI=1S/C16H17ClFNO3S2/c1-16(2)10-22-13(11-3-5-12(18)6-4-11)9-19(16)24(20,21)15-8-7-14(17)23-15/h3-8,13H,9-10H2,1-2H3. The van der Waals surface area contributed by atoms with E-state index in [9.17, 15) is 12.8 Å². The van der Waals surface area contributed by atoms with E-state index in [1.54, 1.807) is 18.2 Å². The molecule has 0 spiro atoms. The molecule has 0 N–H and O–H groups in total. The number of morpholine rings is 1. The third-order valence-corrected chi connectivity index (χ3v) is 7.76. The van der Waals surface area contributed by atoms with Crippen molar-refractivity contribution in [2.24, 2.45) is 0 Å². The predicted molar refractivity (Wildman–Crippen MR) is 92.4 cm³/mol. The van der Waals surface area contributed by atoms with E-state index in [2.05, 4.69) is 0 Å². The van der Waals surface area contributed by atoms with E-state index in [-0.39, 0.29) is 23.2 Å². The van der Waals surface area contributed by atoms with Gasteiger partial charge < -0.3 is 4.74 Å². The minimum absolute atomic E-state index is 0.163. The Balaban J connectivity index is 1.93. The summed E-state index contributed by atoms with van der Waals surface area (Å²) in [6.45, 7) is 4.05. The number of hydrogen-bond donors (Lipinski definition) is 0. The van der Waals surface area contributed by atoms with Crippen molar-refractivity contribution in [2.75, 3.05) is 13.2 Å². The molecule has 1 saturated heterocycles. The van der Waals surface area contributed by atoms with Gasteiger partial charge in [0.2, 0.25) is 0 Å². The van der Waals surface area contributed by atoms with Crippen LogP contribution in [0.2, 0.25) is 4.34 Å². The Kier molecular flexibility index (Phi) is 4.74. The van der Waals surface area contributed by atoms with Crippen molar-refractivity contribution in [3.63, 3.8) is 0 Å². The molecule has 2 aromatic rings. The molecule has 0 amide bonds. The van der Waals surface area contributed by atoms with E-state index in [4.69, 9.17) is 16.3 Å². The molecule has 1 aromatic heterocycles. The first kappa shape index (κ1) is 17.8. The molecule has 0 bridgehead atoms. The third-order valence-electron chi connectivity index (χ3n) is 3.98. The summed E-state index contributed by atoms with van der Waals surface area (Å²) < 4.78 is 47.0. The smallest absolute Gasteiger partial charge is 0.253 e. The zero-order chi connectivity index (χ0) is 17.5. The zero-order valence-corrected chi connectivity index (χ0v) is 15.6. The number of thiophene rings is 1. The van der Waals surface area contributed by atoms with Gasteiger partial charge in [-0.15, -0.1) is 11.3 Å². The van der Waals surface area contributed by atoms with E-state index in [1.807, 2.05) is 13.8 Å². The summed E-state index contributed by atoms with van der Waals surface area (Å²) in [6, 6.07) is 9.01. The molecular formula is C16H17ClFNO3S2. The number of rotatable bonds is 3. The van der Waals surface area contributed by atoms with Crippen molar-refractivity contribution < 1.29 is 17.5 Å². The molecule has 2 heterocycles. The zero-order valence-electron chi connectivity index (χ0n) is 13.2. The van der Waals surface area contributed by atoms with Crippen LogP contribution in [-0.2, 0) is 14.8 Å². The summed E-state index contributed by atoms with van der Waals surface area (Å²) in [5, 5.41) is 0. The first-order valence-corrected chi connectivity index (χ1v) is 9.99. The van der Waals surface area contributed by atoms with E-state index in [0.717, 1.165) is 16.9 Å². The summed E-state index contributed by atoms with van der Waals surface area (Å²) in [5.41, 5.74) is 0.0579. The molecule has 1 aliphatic rings. The first-order chi connectivity index (χ1) is 11.2. The second kappa shape index (κ2) is 6.38. The van der Waals surface area contributed by atoms with Gasteiger partial charge in [0, 0.05) is 6.54 Å². The molecular weight excluding hydrogens is 373 g/mol. The fourth-order valence-electron chi connectivity index (χ4n) is 2.67. The number of hydrogen-bond acceptors (Lipinski definition) is 4. The molecule has 1 unspecified atom stereocenters. The molecule has 0 aliphatic carbocycles. The summed E-state index contributed by atoms with van der Waals surface area (Å²) in [5.74, 6) is -0.340. The Hall–Kier alpha value is -0.990. The van der Waals surface area contributed by atoms with Crippen molar-refractivity contribution >= 4 is 33.0 Å². The summed E-state index contributed by atoms with van der Waals surface area (Å²) in [6.07, 6.45) is -0.441. The fraction of sp³-hybridized carbons (Fsp3) is 0.375. The van der Waals surface area contributed by atoms with Crippen LogP contribution in [0.15, 0.2) is 40.6 Å². The van der Waals surface area contributed by atoms with Crippen LogP contribution in [0.3, 0.4) is 0 Å². The van der Waals surface area contributed by atoms with Crippen LogP contribution >= 0.6 is 22.9 Å². The second-order valence-corrected chi connectivity index (χ2v) is 10.1. The van der Waals surface area contributed by atoms with Crippen molar-refractivity contribution in [1.82, 2.24) is 4.31 Å². The number of halogens is 2. The predicted octanol–water partition coefficient (Wildman–Crippen LogP) is 4.08. The molecule has 0 radical (unpaired) electrons. The molecule has 130 valence electrons. The van der Waals surface area contributed by atoms with Crippen molar-refractivity contribution in [1.29, 1.82) is 0 Å². The monoisotopic (exact) mass is 389 g/mol. The number of ether oxygens (including phenoxy) is 1. The molecule has 0 saturated carbocycles. The summed E-state index contributed by atoms with van der Waals surface area (Å²) in [4.78, 5) is 0. The van der Waals surface area contributed by atoms with E-state index >= 15 is 0 Å². The van der Waals surface area contributed by atoms with Crippen LogP contribution < -0.4 is 0 Å². The van der Waals surface area contributed by atoms with Crippen LogP contribution in [0, 0.1) is 5.82 Å². The maximum atomic E-state index is 13.1. The van der Waals surface area contributed by atoms with Gasteiger partial charge in [-0.05, 0) is 43.7 Å². The minimum Gasteiger partial charge on any atom is -0.370 e. The van der Waals surface area contributed by atoms with Crippen LogP contribution in [0.5, 0.6) is 0 Å². The Morgan fingerprint density at radius 1 is 1.25 bits per heavy atom. The van der Waals surface area contributed by atoms with Gasteiger partial charge in [-0.3, -0.25) is 0 Å². The molecule has 4 nitrogen and oxygen atoms in total. The molecule has 3 rings (SSSR count). The van der Waals surface area contributed by atoms with Gasteiger partial charge in [-0.1, -0.05) is 23.7 Å². The highest BCUT2D eigenvalue weighted by atomic mass is 35.5. The Labute approximate surface area is 149 Å². The largest absolute Gasteiger partial charge is 0.370 e. The highest BCUT2D eigenvalue weighted by molar-refractivity contribution is 7.91. The summed E-state index contributed by atoms with van der Waals surface area (Å²) >= 11 is 6.92. The van der Waals surface area contributed by atoms with E-state index < -0.39 is 21.7 Å². The minimum atomic E-state index is -3.68. The molecule has 1 atom stereocenters. The SMILES string of the molecule is CC1(C)COC(c2ccc(F)cc2)CN1S(=O)(=O)c1ccc(Cl)s1. The van der Waals surface area contributed by atoms with E-state index in [1.165, 1.54) is 22.5 Å². The highest BCUT2D eigenvalue weighted by Crippen LogP contribution is 2.37. The number of benzene rings is 1. The lowest BCUT2D eigenvalue weighted by Gasteiger charge is -2.44. The number of nitrogens with zero attached hydrogens (tertiary/aromatic N) is 1.